The van der Waals surface area contributed by atoms with Crippen LogP contribution in [0.25, 0.3) is 10.9 Å². The van der Waals surface area contributed by atoms with Crippen LogP contribution in [0.4, 0.5) is 0 Å². The molecule has 0 amide bonds. The molecule has 25 heavy (non-hydrogen) atoms. The highest BCUT2D eigenvalue weighted by Gasteiger charge is 2.54. The average molecular weight is 328 g/mol. The molecule has 0 radical (unpaired) electrons. The first-order valence-electron chi connectivity index (χ1n) is 9.80. The summed E-state index contributed by atoms with van der Waals surface area (Å²) in [6.07, 6.45) is 11.1. The molecule has 2 aromatic rings. The normalized spacial score (nSPS) is 37.9. The molecule has 1 aliphatic heterocycles. The zero-order chi connectivity index (χ0) is 16.4. The van der Waals surface area contributed by atoms with Gasteiger partial charge < -0.3 is 4.90 Å². The second-order valence-electron chi connectivity index (χ2n) is 8.41. The van der Waals surface area contributed by atoms with Gasteiger partial charge in [-0.25, -0.2) is 0 Å². The minimum absolute atomic E-state index is 0.814. The Labute approximate surface area is 149 Å². The monoisotopic (exact) mass is 328 g/mol. The van der Waals surface area contributed by atoms with E-state index in [0.717, 1.165) is 54.0 Å². The number of hydrogen-bond donors (Lipinski definition) is 0. The smallest absolute Gasteiger partial charge is 0.0705 e. The number of rotatable bonds is 3. The van der Waals surface area contributed by atoms with E-state index < -0.39 is 0 Å². The number of benzene rings is 1. The summed E-state index contributed by atoms with van der Waals surface area (Å²) in [5.41, 5.74) is 2.36. The molecule has 0 N–H and O–H groups in total. The van der Waals surface area contributed by atoms with E-state index in [4.69, 9.17) is 4.98 Å². The molecule has 1 saturated carbocycles. The van der Waals surface area contributed by atoms with Crippen molar-refractivity contribution >= 4 is 10.9 Å². The second kappa shape index (κ2) is 5.28. The molecule has 4 aliphatic carbocycles. The molecule has 1 saturated heterocycles. The van der Waals surface area contributed by atoms with E-state index in [1.54, 1.807) is 0 Å². The molecule has 0 spiro atoms. The van der Waals surface area contributed by atoms with Gasteiger partial charge in [-0.05, 0) is 47.6 Å². The van der Waals surface area contributed by atoms with Crippen molar-refractivity contribution in [3.63, 3.8) is 0 Å². The Balaban J connectivity index is 1.16. The van der Waals surface area contributed by atoms with E-state index in [1.807, 2.05) is 0 Å². The maximum absolute atomic E-state index is 4.85. The summed E-state index contributed by atoms with van der Waals surface area (Å²) < 4.78 is 0. The van der Waals surface area contributed by atoms with Gasteiger partial charge >= 0.3 is 0 Å². The molecular weight excluding hydrogens is 304 g/mol. The van der Waals surface area contributed by atoms with Gasteiger partial charge in [-0.15, -0.1) is 0 Å². The molecule has 7 rings (SSSR count). The first kappa shape index (κ1) is 14.3. The van der Waals surface area contributed by atoms with Crippen molar-refractivity contribution in [3.8, 4) is 0 Å². The highest BCUT2D eigenvalue weighted by Crippen LogP contribution is 2.57. The molecule has 2 heterocycles. The maximum atomic E-state index is 4.85. The summed E-state index contributed by atoms with van der Waals surface area (Å²) in [5, 5.41) is 1.24. The zero-order valence-electron chi connectivity index (χ0n) is 14.5. The number of allylic oxidation sites excluding steroid dienone is 4. The average Bonchev–Trinajstić information content (AvgIpc) is 3.05. The van der Waals surface area contributed by atoms with Crippen LogP contribution in [0.15, 0.2) is 60.7 Å². The Morgan fingerprint density at radius 2 is 1.48 bits per heavy atom. The molecule has 2 heteroatoms. The lowest BCUT2D eigenvalue weighted by atomic mass is 9.50. The minimum atomic E-state index is 0.814. The lowest BCUT2D eigenvalue weighted by Crippen LogP contribution is -2.49. The van der Waals surface area contributed by atoms with Gasteiger partial charge in [0.2, 0.25) is 0 Å². The molecule has 2 fully saturated rings. The second-order valence-corrected chi connectivity index (χ2v) is 8.41. The third-order valence-corrected chi connectivity index (χ3v) is 7.26. The van der Waals surface area contributed by atoms with E-state index in [0.29, 0.717) is 0 Å². The summed E-state index contributed by atoms with van der Waals surface area (Å²) in [7, 11) is 0. The van der Waals surface area contributed by atoms with Crippen LogP contribution in [0.1, 0.15) is 5.69 Å². The van der Waals surface area contributed by atoms with Crippen molar-refractivity contribution in [2.24, 2.45) is 35.5 Å². The summed E-state index contributed by atoms with van der Waals surface area (Å²) in [6.45, 7) is 3.74. The molecule has 126 valence electrons. The van der Waals surface area contributed by atoms with Gasteiger partial charge in [0.25, 0.3) is 0 Å². The molecule has 6 atom stereocenters. The SMILES string of the molecule is C1=CC2C1C1C=CC2C2CN(CCc3ccc4ccccc4n3)CC12. The van der Waals surface area contributed by atoms with E-state index in [-0.39, 0.29) is 0 Å². The Hall–Kier alpha value is -1.93. The topological polar surface area (TPSA) is 16.1 Å². The molecule has 2 bridgehead atoms. The number of likely N-dealkylation sites (tertiary alicyclic amines) is 1. The largest absolute Gasteiger partial charge is 0.302 e. The van der Waals surface area contributed by atoms with E-state index in [2.05, 4.69) is 65.6 Å². The van der Waals surface area contributed by atoms with Gasteiger partial charge in [-0.2, -0.15) is 0 Å². The molecule has 1 aromatic heterocycles. The summed E-state index contributed by atoms with van der Waals surface area (Å²) in [5.74, 6) is 5.14. The van der Waals surface area contributed by atoms with Crippen LogP contribution in [-0.4, -0.2) is 29.5 Å². The van der Waals surface area contributed by atoms with Crippen LogP contribution < -0.4 is 0 Å². The number of aromatic nitrogens is 1. The number of pyridine rings is 1. The minimum Gasteiger partial charge on any atom is -0.302 e. The lowest BCUT2D eigenvalue weighted by Gasteiger charge is -2.53. The van der Waals surface area contributed by atoms with Gasteiger partial charge in [-0.3, -0.25) is 4.98 Å². The Bertz CT molecular complexity index is 853. The fourth-order valence-corrected chi connectivity index (χ4v) is 5.97. The van der Waals surface area contributed by atoms with E-state index in [9.17, 15) is 0 Å². The predicted molar refractivity (Wildman–Crippen MR) is 101 cm³/mol. The third-order valence-electron chi connectivity index (χ3n) is 7.26. The van der Waals surface area contributed by atoms with Crippen molar-refractivity contribution < 1.29 is 0 Å². The Morgan fingerprint density at radius 1 is 0.800 bits per heavy atom. The van der Waals surface area contributed by atoms with Gasteiger partial charge in [0.15, 0.2) is 0 Å². The Kier molecular flexibility index (Phi) is 3.01. The summed E-state index contributed by atoms with van der Waals surface area (Å²) in [4.78, 5) is 7.57. The lowest BCUT2D eigenvalue weighted by molar-refractivity contribution is 0.0672. The molecule has 5 aliphatic rings. The summed E-state index contributed by atoms with van der Waals surface area (Å²) in [6, 6.07) is 12.9. The third kappa shape index (κ3) is 2.10. The van der Waals surface area contributed by atoms with Gasteiger partial charge in [0.05, 0.1) is 5.52 Å². The zero-order valence-corrected chi connectivity index (χ0v) is 14.5. The molecular formula is C23H24N2. The number of nitrogens with zero attached hydrogens (tertiary/aromatic N) is 2. The quantitative estimate of drug-likeness (QED) is 0.793. The number of para-hydroxylation sites is 1. The van der Waals surface area contributed by atoms with Crippen molar-refractivity contribution in [1.82, 2.24) is 9.88 Å². The van der Waals surface area contributed by atoms with Gasteiger partial charge in [-0.1, -0.05) is 48.6 Å². The molecule has 2 nitrogen and oxygen atoms in total. The fourth-order valence-electron chi connectivity index (χ4n) is 5.97. The Morgan fingerprint density at radius 3 is 2.20 bits per heavy atom. The fraction of sp³-hybridized carbons (Fsp3) is 0.435. The number of fused-ring (bicyclic) bond motifs is 1. The van der Waals surface area contributed by atoms with Crippen LogP contribution in [-0.2, 0) is 6.42 Å². The summed E-state index contributed by atoms with van der Waals surface area (Å²) >= 11 is 0. The maximum Gasteiger partial charge on any atom is 0.0705 e. The highest BCUT2D eigenvalue weighted by atomic mass is 15.2. The molecule has 1 aromatic carbocycles. The first-order valence-corrected chi connectivity index (χ1v) is 9.80. The van der Waals surface area contributed by atoms with Crippen molar-refractivity contribution in [1.29, 1.82) is 0 Å². The van der Waals surface area contributed by atoms with Crippen LogP contribution >= 0.6 is 0 Å². The molecule has 6 unspecified atom stereocenters. The number of hydrogen-bond acceptors (Lipinski definition) is 2. The van der Waals surface area contributed by atoms with Crippen LogP contribution in [0.3, 0.4) is 0 Å². The van der Waals surface area contributed by atoms with E-state index >= 15 is 0 Å². The van der Waals surface area contributed by atoms with Crippen LogP contribution in [0.5, 0.6) is 0 Å². The van der Waals surface area contributed by atoms with Crippen LogP contribution in [0, 0.1) is 35.5 Å². The highest BCUT2D eigenvalue weighted by molar-refractivity contribution is 5.78. The van der Waals surface area contributed by atoms with Crippen LogP contribution in [0.2, 0.25) is 0 Å². The van der Waals surface area contributed by atoms with E-state index in [1.165, 1.54) is 24.2 Å². The van der Waals surface area contributed by atoms with Gasteiger partial charge in [0.1, 0.15) is 0 Å². The van der Waals surface area contributed by atoms with Crippen molar-refractivity contribution in [3.05, 3.63) is 66.4 Å². The van der Waals surface area contributed by atoms with Gasteiger partial charge in [0, 0.05) is 37.1 Å². The standard InChI is InChI=1S/C23H24N2/c1-2-4-23-15(3-1)5-6-16(24-23)11-12-25-13-21-19-9-10-20(22(21)14-25)18-8-7-17(18)19/h1-10,17-22H,11-14H2. The van der Waals surface area contributed by atoms with Crippen molar-refractivity contribution in [2.75, 3.05) is 19.6 Å². The predicted octanol–water partition coefficient (Wildman–Crippen LogP) is 3.94. The van der Waals surface area contributed by atoms with Crippen molar-refractivity contribution in [2.45, 2.75) is 6.42 Å². The first-order chi connectivity index (χ1) is 12.4.